The van der Waals surface area contributed by atoms with Crippen molar-refractivity contribution in [1.82, 2.24) is 4.31 Å². The molecule has 0 aromatic heterocycles. The number of allylic oxidation sites excluding steroid dienone is 3. The quantitative estimate of drug-likeness (QED) is 0.603. The van der Waals surface area contributed by atoms with Crippen LogP contribution in [0.4, 0.5) is 0 Å². The van der Waals surface area contributed by atoms with Gasteiger partial charge in [0, 0.05) is 6.54 Å². The summed E-state index contributed by atoms with van der Waals surface area (Å²) in [6.45, 7) is 2.59. The van der Waals surface area contributed by atoms with Crippen molar-refractivity contribution in [3.8, 4) is 11.8 Å². The fourth-order valence-corrected chi connectivity index (χ4v) is 3.92. The Kier molecular flexibility index (Phi) is 5.23. The predicted octanol–water partition coefficient (Wildman–Crippen LogP) is 3.82. The second-order valence-electron chi connectivity index (χ2n) is 6.40. The molecule has 0 unspecified atom stereocenters. The Labute approximate surface area is 145 Å². The van der Waals surface area contributed by atoms with Gasteiger partial charge in [-0.1, -0.05) is 47.3 Å². The van der Waals surface area contributed by atoms with Crippen molar-refractivity contribution in [2.45, 2.75) is 43.9 Å². The summed E-state index contributed by atoms with van der Waals surface area (Å²) in [6, 6.07) is 7.02. The Morgan fingerprint density at radius 2 is 1.92 bits per heavy atom. The van der Waals surface area contributed by atoms with E-state index in [0.717, 1.165) is 43.2 Å². The number of aryl methyl sites for hydroxylation is 1. The molecule has 0 saturated heterocycles. The molecule has 0 aliphatic heterocycles. The lowest BCUT2D eigenvalue weighted by molar-refractivity contribution is 0.477. The summed E-state index contributed by atoms with van der Waals surface area (Å²) in [7, 11) is -3.51. The Morgan fingerprint density at radius 3 is 2.54 bits per heavy atom. The summed E-state index contributed by atoms with van der Waals surface area (Å²) >= 11 is 0. The molecule has 0 N–H and O–H groups in total. The molecule has 0 spiro atoms. The van der Waals surface area contributed by atoms with E-state index >= 15 is 0 Å². The standard InChI is InChI=1S/C20H23NO2S/c1-17-8-12-20(13-9-17)24(22,23)21(16-14-19-10-11-19)15-4-7-18-5-2-3-6-18/h5,8-9,12-14H,2-3,6,10-11,15-16H2,1H3. The van der Waals surface area contributed by atoms with E-state index in [1.54, 1.807) is 12.1 Å². The van der Waals surface area contributed by atoms with Crippen LogP contribution in [0.1, 0.15) is 37.7 Å². The molecule has 24 heavy (non-hydrogen) atoms. The predicted molar refractivity (Wildman–Crippen MR) is 97.0 cm³/mol. The molecular weight excluding hydrogens is 318 g/mol. The molecular formula is C20H23NO2S. The van der Waals surface area contributed by atoms with Crippen LogP contribution in [0.25, 0.3) is 0 Å². The Morgan fingerprint density at radius 1 is 1.17 bits per heavy atom. The minimum atomic E-state index is -3.51. The monoisotopic (exact) mass is 341 g/mol. The van der Waals surface area contributed by atoms with Crippen LogP contribution >= 0.6 is 0 Å². The first-order valence-corrected chi connectivity index (χ1v) is 9.92. The molecule has 1 saturated carbocycles. The maximum Gasteiger partial charge on any atom is 0.244 e. The average molecular weight is 341 g/mol. The van der Waals surface area contributed by atoms with E-state index in [0.29, 0.717) is 11.4 Å². The third-order valence-electron chi connectivity index (χ3n) is 4.33. The highest BCUT2D eigenvalue weighted by atomic mass is 32.2. The number of hydrogen-bond donors (Lipinski definition) is 0. The maximum atomic E-state index is 12.9. The molecule has 0 heterocycles. The van der Waals surface area contributed by atoms with Crippen LogP contribution in [0.2, 0.25) is 0 Å². The van der Waals surface area contributed by atoms with Crippen LogP contribution in [0.15, 0.2) is 52.5 Å². The number of hydrogen-bond acceptors (Lipinski definition) is 2. The largest absolute Gasteiger partial charge is 0.244 e. The summed E-state index contributed by atoms with van der Waals surface area (Å²) in [5, 5.41) is 0. The molecule has 2 aliphatic carbocycles. The lowest BCUT2D eigenvalue weighted by Crippen LogP contribution is -2.31. The molecule has 0 atom stereocenters. The molecule has 3 nitrogen and oxygen atoms in total. The van der Waals surface area contributed by atoms with Gasteiger partial charge >= 0.3 is 0 Å². The van der Waals surface area contributed by atoms with Gasteiger partial charge in [0.2, 0.25) is 10.0 Å². The van der Waals surface area contributed by atoms with Crippen LogP contribution < -0.4 is 0 Å². The highest BCUT2D eigenvalue weighted by molar-refractivity contribution is 7.89. The molecule has 1 aromatic rings. The van der Waals surface area contributed by atoms with E-state index in [1.165, 1.54) is 9.88 Å². The van der Waals surface area contributed by atoms with Crippen molar-refractivity contribution in [3.63, 3.8) is 0 Å². The highest BCUT2D eigenvalue weighted by Gasteiger charge is 2.23. The number of rotatable bonds is 5. The van der Waals surface area contributed by atoms with Gasteiger partial charge < -0.3 is 0 Å². The van der Waals surface area contributed by atoms with Crippen LogP contribution in [-0.4, -0.2) is 25.8 Å². The lowest BCUT2D eigenvalue weighted by Gasteiger charge is -2.18. The van der Waals surface area contributed by atoms with Gasteiger partial charge in [-0.05, 0) is 56.7 Å². The van der Waals surface area contributed by atoms with Gasteiger partial charge in [0.05, 0.1) is 11.4 Å². The summed E-state index contributed by atoms with van der Waals surface area (Å²) in [6.07, 6.45) is 9.62. The molecule has 3 rings (SSSR count). The highest BCUT2D eigenvalue weighted by Crippen LogP contribution is 2.27. The van der Waals surface area contributed by atoms with Gasteiger partial charge in [-0.3, -0.25) is 0 Å². The molecule has 0 amide bonds. The molecule has 4 heteroatoms. The summed E-state index contributed by atoms with van der Waals surface area (Å²) < 4.78 is 27.3. The van der Waals surface area contributed by atoms with Crippen molar-refractivity contribution in [2.75, 3.05) is 13.1 Å². The average Bonchev–Trinajstić information content (AvgIpc) is 3.24. The summed E-state index contributed by atoms with van der Waals surface area (Å²) in [5.41, 5.74) is 3.53. The second-order valence-corrected chi connectivity index (χ2v) is 8.33. The molecule has 0 bridgehead atoms. The smallest absolute Gasteiger partial charge is 0.207 e. The minimum absolute atomic E-state index is 0.233. The van der Waals surface area contributed by atoms with E-state index in [4.69, 9.17) is 0 Å². The normalized spacial score (nSPS) is 16.6. The van der Waals surface area contributed by atoms with Gasteiger partial charge in [0.25, 0.3) is 0 Å². The minimum Gasteiger partial charge on any atom is -0.207 e. The van der Waals surface area contributed by atoms with Crippen molar-refractivity contribution in [1.29, 1.82) is 0 Å². The molecule has 1 fully saturated rings. The number of nitrogens with zero attached hydrogens (tertiary/aromatic N) is 1. The van der Waals surface area contributed by atoms with Gasteiger partial charge in [-0.15, -0.1) is 0 Å². The van der Waals surface area contributed by atoms with Gasteiger partial charge in [0.1, 0.15) is 0 Å². The maximum absolute atomic E-state index is 12.9. The fraction of sp³-hybridized carbons (Fsp3) is 0.400. The van der Waals surface area contributed by atoms with Crippen molar-refractivity contribution in [2.24, 2.45) is 0 Å². The first-order chi connectivity index (χ1) is 11.6. The second kappa shape index (κ2) is 7.38. The first-order valence-electron chi connectivity index (χ1n) is 8.48. The van der Waals surface area contributed by atoms with Gasteiger partial charge in [-0.25, -0.2) is 8.42 Å². The molecule has 0 radical (unpaired) electrons. The van der Waals surface area contributed by atoms with Gasteiger partial charge in [-0.2, -0.15) is 4.31 Å². The Bertz CT molecular complexity index is 815. The third kappa shape index (κ3) is 4.37. The Hall–Kier alpha value is -1.83. The number of benzene rings is 1. The SMILES string of the molecule is Cc1ccc(S(=O)(=O)N(CC#CC2=CCCC2)CC=C2CC2)cc1. The van der Waals surface area contributed by atoms with E-state index < -0.39 is 10.0 Å². The number of sulfonamides is 1. The summed E-state index contributed by atoms with van der Waals surface area (Å²) in [5.74, 6) is 6.19. The van der Waals surface area contributed by atoms with Crippen LogP contribution in [0, 0.1) is 18.8 Å². The zero-order chi connectivity index (χ0) is 17.0. The van der Waals surface area contributed by atoms with E-state index in [-0.39, 0.29) is 6.54 Å². The van der Waals surface area contributed by atoms with Crippen LogP contribution in [-0.2, 0) is 10.0 Å². The fourth-order valence-electron chi connectivity index (χ4n) is 2.64. The van der Waals surface area contributed by atoms with Gasteiger partial charge in [0.15, 0.2) is 0 Å². The van der Waals surface area contributed by atoms with E-state index in [2.05, 4.69) is 17.9 Å². The van der Waals surface area contributed by atoms with E-state index in [1.807, 2.05) is 25.1 Å². The van der Waals surface area contributed by atoms with Crippen LogP contribution in [0.5, 0.6) is 0 Å². The van der Waals surface area contributed by atoms with Crippen molar-refractivity contribution < 1.29 is 8.42 Å². The molecule has 126 valence electrons. The van der Waals surface area contributed by atoms with E-state index in [9.17, 15) is 8.42 Å². The molecule has 2 aliphatic rings. The van der Waals surface area contributed by atoms with Crippen molar-refractivity contribution >= 4 is 10.0 Å². The Balaban J connectivity index is 1.79. The van der Waals surface area contributed by atoms with Crippen molar-refractivity contribution in [3.05, 3.63) is 53.1 Å². The zero-order valence-corrected chi connectivity index (χ0v) is 14.9. The zero-order valence-electron chi connectivity index (χ0n) is 14.1. The lowest BCUT2D eigenvalue weighted by atomic mass is 10.2. The third-order valence-corrected chi connectivity index (χ3v) is 6.15. The first kappa shape index (κ1) is 17.0. The molecule has 1 aromatic carbocycles. The topological polar surface area (TPSA) is 37.4 Å². The van der Waals surface area contributed by atoms with Crippen LogP contribution in [0.3, 0.4) is 0 Å². The summed E-state index contributed by atoms with van der Waals surface area (Å²) in [4.78, 5) is 0.337.